The summed E-state index contributed by atoms with van der Waals surface area (Å²) in [6.07, 6.45) is -3.22. The summed E-state index contributed by atoms with van der Waals surface area (Å²) in [6, 6.07) is -1.24. The second-order valence-electron chi connectivity index (χ2n) is 6.21. The monoisotopic (exact) mass is 546 g/mol. The SMILES string of the molecule is Nc1nc2c(ncn2[C@@H]2O[C@H](COP(=O)([O-])OP(=O)([O-])OP(=O)([O-])[O-])[C@@H](O)[C@H]2N)c(=O)[nH]1.[Li+].[Li+].[Li+].[Li+]. The standard InChI is InChI=1S/C10H17N6O13P3.4Li/c11-4-6(17)3(1-26-31(22,23)29-32(24,25)28-30(19,20)21)27-9(4)16-2-13-5-7(16)14-10(12)15-8(5)18;;;;/h2-4,6,9,17H,1,11H2,(H,22,23)(H,24,25)(H2,19,20,21)(H3,12,14,15,18);;;;/q;4*+1/p-4/t3-,4-,6-,9-;;;;/m1..../s1. The minimum Gasteiger partial charge on any atom is -0.790 e. The van der Waals surface area contributed by atoms with Gasteiger partial charge in [-0.15, -0.1) is 0 Å². The molecule has 0 saturated carbocycles. The van der Waals surface area contributed by atoms with Crippen molar-refractivity contribution in [1.29, 1.82) is 0 Å². The normalized spacial score (nSPS) is 24.8. The maximum absolute atomic E-state index is 11.9. The van der Waals surface area contributed by atoms with Crippen molar-refractivity contribution >= 4 is 40.6 Å². The van der Waals surface area contributed by atoms with Crippen LogP contribution in [0.4, 0.5) is 5.95 Å². The Bertz CT molecular complexity index is 1230. The number of aliphatic hydroxyl groups excluding tert-OH is 1. The predicted octanol–water partition coefficient (Wildman–Crippen LogP) is -16.9. The van der Waals surface area contributed by atoms with Crippen LogP contribution in [-0.4, -0.2) is 49.5 Å². The Kier molecular flexibility index (Phi) is 15.7. The molecule has 2 aromatic rings. The van der Waals surface area contributed by atoms with Gasteiger partial charge in [-0.05, 0) is 0 Å². The molecule has 2 unspecified atom stereocenters. The Morgan fingerprint density at radius 1 is 1.11 bits per heavy atom. The molecule has 6 N–H and O–H groups in total. The second kappa shape index (κ2) is 14.5. The molecule has 36 heavy (non-hydrogen) atoms. The van der Waals surface area contributed by atoms with Crippen LogP contribution < -0.4 is 112 Å². The molecule has 2 aromatic heterocycles. The number of aliphatic hydroxyl groups is 1. The number of imidazole rings is 1. The van der Waals surface area contributed by atoms with E-state index in [0.717, 1.165) is 10.9 Å². The number of anilines is 1. The first-order valence-electron chi connectivity index (χ1n) is 8.11. The van der Waals surface area contributed by atoms with E-state index in [0.29, 0.717) is 0 Å². The number of hydrogen-bond donors (Lipinski definition) is 4. The van der Waals surface area contributed by atoms with Gasteiger partial charge in [-0.1, -0.05) is 0 Å². The number of hydrogen-bond acceptors (Lipinski definition) is 17. The maximum atomic E-state index is 11.9. The molecule has 19 nitrogen and oxygen atoms in total. The van der Waals surface area contributed by atoms with Gasteiger partial charge in [-0.25, -0.2) is 9.29 Å². The Labute approximate surface area is 249 Å². The fraction of sp³-hybridized carbons (Fsp3) is 0.500. The van der Waals surface area contributed by atoms with Crippen molar-refractivity contribution in [3.05, 3.63) is 16.7 Å². The van der Waals surface area contributed by atoms with E-state index in [9.17, 15) is 43.2 Å². The predicted molar refractivity (Wildman–Crippen MR) is 91.4 cm³/mol. The molecule has 0 spiro atoms. The van der Waals surface area contributed by atoms with Gasteiger partial charge in [0.1, 0.15) is 12.2 Å². The molecule has 0 aliphatic carbocycles. The van der Waals surface area contributed by atoms with Crippen LogP contribution in [0.2, 0.25) is 0 Å². The van der Waals surface area contributed by atoms with Gasteiger partial charge in [0.05, 0.1) is 26.8 Å². The third kappa shape index (κ3) is 9.78. The first kappa shape index (κ1) is 39.0. The summed E-state index contributed by atoms with van der Waals surface area (Å²) < 4.78 is 50.4. The number of aromatic nitrogens is 4. The summed E-state index contributed by atoms with van der Waals surface area (Å²) >= 11 is 0. The molecule has 26 heteroatoms. The summed E-state index contributed by atoms with van der Waals surface area (Å²) in [4.78, 5) is 65.2. The molecular weight excluding hydrogens is 533 g/mol. The van der Waals surface area contributed by atoms with Gasteiger partial charge in [0.15, 0.2) is 17.4 Å². The van der Waals surface area contributed by atoms with Crippen molar-refractivity contribution in [3.63, 3.8) is 0 Å². The zero-order valence-corrected chi connectivity index (χ0v) is 22.0. The van der Waals surface area contributed by atoms with Crippen molar-refractivity contribution in [1.82, 2.24) is 19.5 Å². The topological polar surface area (TPSA) is 316 Å². The first-order valence-corrected chi connectivity index (χ1v) is 12.5. The number of nitrogen functional groups attached to an aromatic ring is 1. The number of fused-ring (bicyclic) bond motifs is 1. The summed E-state index contributed by atoms with van der Waals surface area (Å²) in [5.74, 6) is -0.259. The van der Waals surface area contributed by atoms with Gasteiger partial charge < -0.3 is 50.0 Å². The van der Waals surface area contributed by atoms with Crippen molar-refractivity contribution in [2.75, 3.05) is 12.3 Å². The van der Waals surface area contributed by atoms with E-state index >= 15 is 0 Å². The zero-order valence-electron chi connectivity index (χ0n) is 19.3. The van der Waals surface area contributed by atoms with Crippen LogP contribution in [-0.2, 0) is 31.6 Å². The molecule has 3 rings (SSSR count). The van der Waals surface area contributed by atoms with Gasteiger partial charge in [0.2, 0.25) is 5.95 Å². The number of nitrogens with one attached hydrogen (secondary N) is 1. The average molecular weight is 546 g/mol. The summed E-state index contributed by atoms with van der Waals surface area (Å²) in [5.41, 5.74) is 10.5. The van der Waals surface area contributed by atoms with E-state index in [4.69, 9.17) is 16.2 Å². The van der Waals surface area contributed by atoms with Crippen LogP contribution in [0.1, 0.15) is 6.23 Å². The Morgan fingerprint density at radius 2 is 1.69 bits per heavy atom. The number of phosphoric ester groups is 1. The molecule has 6 atom stereocenters. The van der Waals surface area contributed by atoms with Crippen molar-refractivity contribution in [3.8, 4) is 0 Å². The van der Waals surface area contributed by atoms with Crippen molar-refractivity contribution in [2.24, 2.45) is 5.73 Å². The number of ether oxygens (including phenoxy) is 1. The quantitative estimate of drug-likeness (QED) is 0.176. The molecule has 1 aliphatic heterocycles. The fourth-order valence-electron chi connectivity index (χ4n) is 2.73. The molecule has 1 saturated heterocycles. The van der Waals surface area contributed by atoms with E-state index in [1.807, 2.05) is 0 Å². The van der Waals surface area contributed by atoms with Gasteiger partial charge in [0.25, 0.3) is 21.2 Å². The third-order valence-corrected chi connectivity index (χ3v) is 7.61. The Hall–Kier alpha value is 0.830. The smallest absolute Gasteiger partial charge is 0.790 e. The van der Waals surface area contributed by atoms with Crippen molar-refractivity contribution in [2.45, 2.75) is 24.5 Å². The third-order valence-electron chi connectivity index (χ3n) is 3.94. The maximum Gasteiger partial charge on any atom is 1.00 e. The van der Waals surface area contributed by atoms with Crippen LogP contribution in [0.15, 0.2) is 11.1 Å². The number of aromatic amines is 1. The van der Waals surface area contributed by atoms with Crippen LogP contribution in [0.3, 0.4) is 0 Å². The molecule has 1 aliphatic rings. The number of nitrogens with zero attached hydrogens (tertiary/aromatic N) is 3. The van der Waals surface area contributed by atoms with Gasteiger partial charge in [-0.3, -0.25) is 27.8 Å². The number of nitrogens with two attached hydrogens (primary N) is 2. The van der Waals surface area contributed by atoms with Crippen LogP contribution in [0, 0.1) is 0 Å². The Balaban J connectivity index is 0. The van der Waals surface area contributed by atoms with E-state index < -0.39 is 60.1 Å². The second-order valence-corrected chi connectivity index (χ2v) is 10.5. The zero-order chi connectivity index (χ0) is 24.1. The number of rotatable bonds is 8. The molecule has 0 aromatic carbocycles. The molecule has 0 radical (unpaired) electrons. The van der Waals surface area contributed by atoms with E-state index in [2.05, 4.69) is 28.1 Å². The van der Waals surface area contributed by atoms with Gasteiger partial charge >= 0.3 is 75.4 Å². The minimum absolute atomic E-state index is 0. The Morgan fingerprint density at radius 3 is 2.25 bits per heavy atom. The largest absolute Gasteiger partial charge is 1.00 e. The molecular formula is C10H13Li4N6O13P3. The minimum atomic E-state index is -6.14. The summed E-state index contributed by atoms with van der Waals surface area (Å²) in [7, 11) is -18.1. The van der Waals surface area contributed by atoms with Gasteiger partial charge in [0, 0.05) is 0 Å². The van der Waals surface area contributed by atoms with E-state index in [1.165, 1.54) is 0 Å². The fourth-order valence-corrected chi connectivity index (χ4v) is 5.60. The molecule has 180 valence electrons. The number of H-pyrrole nitrogens is 1. The summed E-state index contributed by atoms with van der Waals surface area (Å²) in [6.45, 7) is -1.05. The first-order chi connectivity index (χ1) is 14.6. The van der Waals surface area contributed by atoms with Crippen LogP contribution >= 0.6 is 23.5 Å². The van der Waals surface area contributed by atoms with Crippen molar-refractivity contribution < 1.29 is 132 Å². The number of phosphoric acid groups is 3. The molecule has 0 amide bonds. The molecule has 1 fully saturated rings. The van der Waals surface area contributed by atoms with Crippen LogP contribution in [0.5, 0.6) is 0 Å². The molecule has 0 bridgehead atoms. The summed E-state index contributed by atoms with van der Waals surface area (Å²) in [5, 5.41) is 10.2. The molecule has 3 heterocycles. The average Bonchev–Trinajstić information content (AvgIpc) is 3.12. The van der Waals surface area contributed by atoms with Gasteiger partial charge in [-0.2, -0.15) is 4.98 Å². The van der Waals surface area contributed by atoms with E-state index in [1.54, 1.807) is 0 Å². The van der Waals surface area contributed by atoms with Crippen LogP contribution in [0.25, 0.3) is 11.2 Å². The van der Waals surface area contributed by atoms with E-state index in [-0.39, 0.29) is 92.6 Å².